The smallest absolute Gasteiger partial charge is 0.233 e. The van der Waals surface area contributed by atoms with E-state index in [4.69, 9.17) is 11.6 Å². The molecule has 0 fully saturated rings. The summed E-state index contributed by atoms with van der Waals surface area (Å²) in [7, 11) is -2.06. The Bertz CT molecular complexity index is 1290. The van der Waals surface area contributed by atoms with Crippen molar-refractivity contribution in [3.63, 3.8) is 0 Å². The van der Waals surface area contributed by atoms with Crippen LogP contribution in [0.5, 0.6) is 0 Å². The molecular weight excluding hydrogens is 476 g/mol. The van der Waals surface area contributed by atoms with E-state index in [0.717, 1.165) is 35.8 Å². The zero-order valence-corrected chi connectivity index (χ0v) is 20.8. The average molecular weight is 503 g/mol. The summed E-state index contributed by atoms with van der Waals surface area (Å²) in [6.07, 6.45) is 6.52. The summed E-state index contributed by atoms with van der Waals surface area (Å²) in [5.41, 5.74) is 3.99. The lowest BCUT2D eigenvalue weighted by Gasteiger charge is -2.18. The molecule has 0 aliphatic carbocycles. The molecule has 3 aromatic rings. The highest BCUT2D eigenvalue weighted by atomic mass is 35.5. The van der Waals surface area contributed by atoms with E-state index < -0.39 is 10.0 Å². The maximum atomic E-state index is 11.9. The summed E-state index contributed by atoms with van der Waals surface area (Å²) in [6.45, 7) is 4.32. The van der Waals surface area contributed by atoms with Gasteiger partial charge in [0.05, 0.1) is 19.0 Å². The van der Waals surface area contributed by atoms with Gasteiger partial charge >= 0.3 is 0 Å². The molecule has 1 aliphatic heterocycles. The van der Waals surface area contributed by atoms with Crippen molar-refractivity contribution in [3.8, 4) is 0 Å². The molecule has 0 spiro atoms. The van der Waals surface area contributed by atoms with E-state index in [2.05, 4.69) is 54.9 Å². The summed E-state index contributed by atoms with van der Waals surface area (Å²) in [5.74, 6) is 1.47. The molecule has 2 aromatic heterocycles. The van der Waals surface area contributed by atoms with Crippen LogP contribution < -0.4 is 20.3 Å². The summed E-state index contributed by atoms with van der Waals surface area (Å²) < 4.78 is 25.0. The number of fused-ring (bicyclic) bond motifs is 1. The van der Waals surface area contributed by atoms with Crippen LogP contribution in [0.3, 0.4) is 0 Å². The first-order valence-electron chi connectivity index (χ1n) is 10.8. The highest BCUT2D eigenvalue weighted by Crippen LogP contribution is 2.28. The topological polar surface area (TPSA) is 125 Å². The van der Waals surface area contributed by atoms with Crippen LogP contribution in [0.2, 0.25) is 5.02 Å². The molecule has 180 valence electrons. The summed E-state index contributed by atoms with van der Waals surface area (Å²) in [6, 6.07) is 6.31. The Morgan fingerprint density at radius 1 is 1.24 bits per heavy atom. The SMILES string of the molecule is CC1CNCCc2cc(Nc3ncc(Cl)c(NCc4nccnc4N(C)S(C)(=O)=O)n3)ccc21. The minimum Gasteiger partial charge on any atom is -0.363 e. The van der Waals surface area contributed by atoms with Crippen LogP contribution in [0.4, 0.5) is 23.3 Å². The van der Waals surface area contributed by atoms with E-state index in [1.165, 1.54) is 36.8 Å². The van der Waals surface area contributed by atoms with Crippen LogP contribution in [-0.2, 0) is 23.0 Å². The number of halogens is 1. The van der Waals surface area contributed by atoms with Crippen LogP contribution in [0.25, 0.3) is 0 Å². The molecule has 1 aromatic carbocycles. The van der Waals surface area contributed by atoms with E-state index in [9.17, 15) is 8.42 Å². The normalized spacial score (nSPS) is 15.8. The predicted molar refractivity (Wildman–Crippen MR) is 134 cm³/mol. The summed E-state index contributed by atoms with van der Waals surface area (Å²) >= 11 is 6.30. The fraction of sp³-hybridized carbons (Fsp3) is 0.364. The van der Waals surface area contributed by atoms with Crippen LogP contribution in [-0.4, -0.2) is 54.7 Å². The largest absolute Gasteiger partial charge is 0.363 e. The fourth-order valence-corrected chi connectivity index (χ4v) is 4.41. The van der Waals surface area contributed by atoms with Crippen LogP contribution in [0.1, 0.15) is 29.7 Å². The van der Waals surface area contributed by atoms with Crippen LogP contribution in [0.15, 0.2) is 36.8 Å². The van der Waals surface area contributed by atoms with Gasteiger partial charge in [-0.1, -0.05) is 24.6 Å². The van der Waals surface area contributed by atoms with Crippen molar-refractivity contribution in [1.82, 2.24) is 25.3 Å². The monoisotopic (exact) mass is 502 g/mol. The lowest BCUT2D eigenvalue weighted by Crippen LogP contribution is -2.27. The number of nitrogens with one attached hydrogen (secondary N) is 3. The van der Waals surface area contributed by atoms with Gasteiger partial charge in [-0.25, -0.2) is 18.4 Å². The summed E-state index contributed by atoms with van der Waals surface area (Å²) in [4.78, 5) is 17.2. The quantitative estimate of drug-likeness (QED) is 0.447. The van der Waals surface area contributed by atoms with Crippen LogP contribution in [0, 0.1) is 0 Å². The minimum absolute atomic E-state index is 0.170. The van der Waals surface area contributed by atoms with E-state index in [1.54, 1.807) is 0 Å². The van der Waals surface area contributed by atoms with Gasteiger partial charge in [0.25, 0.3) is 0 Å². The van der Waals surface area contributed by atoms with E-state index in [0.29, 0.717) is 28.4 Å². The number of nitrogens with zero attached hydrogens (tertiary/aromatic N) is 5. The lowest BCUT2D eigenvalue weighted by atomic mass is 9.95. The lowest BCUT2D eigenvalue weighted by molar-refractivity contribution is 0.599. The summed E-state index contributed by atoms with van der Waals surface area (Å²) in [5, 5.41) is 10.1. The van der Waals surface area contributed by atoms with Gasteiger partial charge in [-0.15, -0.1) is 0 Å². The second-order valence-electron chi connectivity index (χ2n) is 8.19. The maximum Gasteiger partial charge on any atom is 0.233 e. The van der Waals surface area contributed by atoms with Crippen molar-refractivity contribution in [3.05, 3.63) is 58.6 Å². The van der Waals surface area contributed by atoms with Gasteiger partial charge in [0.2, 0.25) is 16.0 Å². The minimum atomic E-state index is -3.49. The second kappa shape index (κ2) is 10.1. The first-order chi connectivity index (χ1) is 16.2. The molecule has 3 heterocycles. The molecule has 1 atom stereocenters. The number of aromatic nitrogens is 4. The number of sulfonamides is 1. The van der Waals surface area contributed by atoms with Crippen LogP contribution >= 0.6 is 11.6 Å². The van der Waals surface area contributed by atoms with Gasteiger partial charge in [-0.05, 0) is 42.1 Å². The van der Waals surface area contributed by atoms with Gasteiger partial charge in [-0.3, -0.25) is 9.29 Å². The second-order valence-corrected chi connectivity index (χ2v) is 10.6. The molecule has 10 nitrogen and oxygen atoms in total. The molecule has 1 aliphatic rings. The standard InChI is InChI=1S/C22H27ClN8O2S/c1-14-11-24-7-6-15-10-16(4-5-17(14)15)29-22-28-12-18(23)20(30-22)27-13-19-21(26-9-8-25-19)31(2)34(3,32)33/h4-5,8-10,12,14,24H,6-7,11,13H2,1-3H3,(H2,27,28,29,30). The Morgan fingerprint density at radius 2 is 2.03 bits per heavy atom. The van der Waals surface area contributed by atoms with Crippen molar-refractivity contribution in [2.75, 3.05) is 41.3 Å². The third kappa shape index (κ3) is 5.54. The third-order valence-corrected chi connectivity index (χ3v) is 7.11. The third-order valence-electron chi connectivity index (χ3n) is 5.67. The zero-order valence-electron chi connectivity index (χ0n) is 19.2. The van der Waals surface area contributed by atoms with E-state index in [-0.39, 0.29) is 12.4 Å². The van der Waals surface area contributed by atoms with Gasteiger partial charge in [0, 0.05) is 31.7 Å². The molecule has 1 unspecified atom stereocenters. The molecule has 4 rings (SSSR count). The van der Waals surface area contributed by atoms with E-state index >= 15 is 0 Å². The highest BCUT2D eigenvalue weighted by molar-refractivity contribution is 7.92. The zero-order chi connectivity index (χ0) is 24.3. The Hall–Kier alpha value is -3.02. The van der Waals surface area contributed by atoms with E-state index in [1.807, 2.05) is 6.07 Å². The predicted octanol–water partition coefficient (Wildman–Crippen LogP) is 2.92. The molecule has 0 saturated carbocycles. The van der Waals surface area contributed by atoms with Crippen molar-refractivity contribution < 1.29 is 8.42 Å². The van der Waals surface area contributed by atoms with Gasteiger partial charge in [-0.2, -0.15) is 4.98 Å². The van der Waals surface area contributed by atoms with Gasteiger partial charge in [0.1, 0.15) is 10.7 Å². The molecule has 34 heavy (non-hydrogen) atoms. The average Bonchev–Trinajstić information content (AvgIpc) is 2.99. The molecule has 3 N–H and O–H groups in total. The Kier molecular flexibility index (Phi) is 7.15. The Balaban J connectivity index is 1.52. The first-order valence-corrected chi connectivity index (χ1v) is 13.1. The van der Waals surface area contributed by atoms with Crippen molar-refractivity contribution >= 4 is 44.9 Å². The van der Waals surface area contributed by atoms with Gasteiger partial charge in [0.15, 0.2) is 11.6 Å². The van der Waals surface area contributed by atoms with Crippen molar-refractivity contribution in [2.45, 2.75) is 25.8 Å². The Morgan fingerprint density at radius 3 is 2.82 bits per heavy atom. The first kappa shape index (κ1) is 24.1. The molecule has 0 bridgehead atoms. The number of hydrogen-bond acceptors (Lipinski definition) is 9. The number of anilines is 4. The fourth-order valence-electron chi connectivity index (χ4n) is 3.78. The highest BCUT2D eigenvalue weighted by Gasteiger charge is 2.19. The number of hydrogen-bond donors (Lipinski definition) is 3. The molecule has 0 saturated heterocycles. The molecular formula is C22H27ClN8O2S. The number of benzene rings is 1. The van der Waals surface area contributed by atoms with Crippen molar-refractivity contribution in [2.24, 2.45) is 0 Å². The van der Waals surface area contributed by atoms with Gasteiger partial charge < -0.3 is 16.0 Å². The maximum absolute atomic E-state index is 11.9. The Labute approximate surface area is 204 Å². The molecule has 0 radical (unpaired) electrons. The molecule has 0 amide bonds. The van der Waals surface area contributed by atoms with Crippen molar-refractivity contribution in [1.29, 1.82) is 0 Å². The molecule has 12 heteroatoms. The number of rotatable bonds is 7.